The minimum atomic E-state index is 0.254. The summed E-state index contributed by atoms with van der Waals surface area (Å²) in [6.45, 7) is 5.34. The van der Waals surface area contributed by atoms with Crippen LogP contribution in [0.15, 0.2) is 24.3 Å². The number of carbonyl (C=O) groups is 1. The monoisotopic (exact) mass is 260 g/mol. The molecule has 2 rings (SSSR count). The quantitative estimate of drug-likeness (QED) is 0.823. The van der Waals surface area contributed by atoms with E-state index in [0.717, 1.165) is 38.9 Å². The summed E-state index contributed by atoms with van der Waals surface area (Å²) >= 11 is 0. The van der Waals surface area contributed by atoms with Crippen molar-refractivity contribution in [2.75, 3.05) is 26.2 Å². The van der Waals surface area contributed by atoms with E-state index in [9.17, 15) is 4.79 Å². The Morgan fingerprint density at radius 3 is 2.79 bits per heavy atom. The van der Waals surface area contributed by atoms with Gasteiger partial charge in [-0.3, -0.25) is 4.79 Å². The lowest BCUT2D eigenvalue weighted by Crippen LogP contribution is -2.41. The van der Waals surface area contributed by atoms with Crippen molar-refractivity contribution in [1.82, 2.24) is 10.2 Å². The molecule has 1 N–H and O–H groups in total. The lowest BCUT2D eigenvalue weighted by atomic mass is 10.1. The fourth-order valence-electron chi connectivity index (χ4n) is 2.55. The molecule has 3 nitrogen and oxygen atoms in total. The molecular weight excluding hydrogens is 236 g/mol. The molecule has 1 amide bonds. The zero-order chi connectivity index (χ0) is 13.5. The molecule has 3 heteroatoms. The van der Waals surface area contributed by atoms with Gasteiger partial charge in [0.2, 0.25) is 5.91 Å². The summed E-state index contributed by atoms with van der Waals surface area (Å²) in [5.74, 6) is 0.254. The van der Waals surface area contributed by atoms with Gasteiger partial charge in [0, 0.05) is 13.1 Å². The van der Waals surface area contributed by atoms with E-state index in [1.165, 1.54) is 17.5 Å². The van der Waals surface area contributed by atoms with E-state index in [-0.39, 0.29) is 5.91 Å². The highest BCUT2D eigenvalue weighted by Gasteiger charge is 2.15. The fourth-order valence-corrected chi connectivity index (χ4v) is 2.55. The van der Waals surface area contributed by atoms with Gasteiger partial charge < -0.3 is 10.2 Å². The predicted molar refractivity (Wildman–Crippen MR) is 78.2 cm³/mol. The molecule has 104 valence electrons. The van der Waals surface area contributed by atoms with Crippen molar-refractivity contribution in [3.05, 3.63) is 35.4 Å². The molecule has 1 fully saturated rings. The maximum Gasteiger partial charge on any atom is 0.236 e. The minimum absolute atomic E-state index is 0.254. The smallest absolute Gasteiger partial charge is 0.236 e. The Morgan fingerprint density at radius 1 is 1.26 bits per heavy atom. The second kappa shape index (κ2) is 7.29. The molecule has 1 aromatic carbocycles. The number of rotatable bonds is 5. The van der Waals surface area contributed by atoms with Crippen molar-refractivity contribution >= 4 is 5.91 Å². The van der Waals surface area contributed by atoms with E-state index >= 15 is 0 Å². The number of hydrogen-bond acceptors (Lipinski definition) is 2. The van der Waals surface area contributed by atoms with Crippen molar-refractivity contribution < 1.29 is 4.79 Å². The standard InChI is InChI=1S/C16H24N2O/c1-14-6-5-7-15(12-14)8-9-17-13-16(19)18-10-3-2-4-11-18/h5-7,12,17H,2-4,8-11,13H2,1H3. The summed E-state index contributed by atoms with van der Waals surface area (Å²) in [5, 5.41) is 3.26. The third-order valence-corrected chi connectivity index (χ3v) is 3.66. The molecule has 0 aromatic heterocycles. The molecule has 0 atom stereocenters. The topological polar surface area (TPSA) is 32.3 Å². The van der Waals surface area contributed by atoms with Gasteiger partial charge in [0.1, 0.15) is 0 Å². The number of nitrogens with one attached hydrogen (secondary N) is 1. The van der Waals surface area contributed by atoms with Crippen LogP contribution in [0.3, 0.4) is 0 Å². The van der Waals surface area contributed by atoms with Crippen LogP contribution in [0, 0.1) is 6.92 Å². The second-order valence-corrected chi connectivity index (χ2v) is 5.36. The average Bonchev–Trinajstić information content (AvgIpc) is 2.44. The van der Waals surface area contributed by atoms with Crippen molar-refractivity contribution in [2.45, 2.75) is 32.6 Å². The largest absolute Gasteiger partial charge is 0.342 e. The van der Waals surface area contributed by atoms with Crippen LogP contribution in [0.4, 0.5) is 0 Å². The van der Waals surface area contributed by atoms with Crippen LogP contribution < -0.4 is 5.32 Å². The van der Waals surface area contributed by atoms with E-state index in [1.54, 1.807) is 0 Å². The first-order valence-electron chi connectivity index (χ1n) is 7.30. The van der Waals surface area contributed by atoms with E-state index in [1.807, 2.05) is 4.90 Å². The molecule has 1 aromatic rings. The molecule has 0 spiro atoms. The van der Waals surface area contributed by atoms with Crippen molar-refractivity contribution in [3.63, 3.8) is 0 Å². The number of amides is 1. The Bertz CT molecular complexity index is 411. The van der Waals surface area contributed by atoms with Crippen LogP contribution in [0.2, 0.25) is 0 Å². The third-order valence-electron chi connectivity index (χ3n) is 3.66. The van der Waals surface area contributed by atoms with Crippen molar-refractivity contribution in [2.24, 2.45) is 0 Å². The van der Waals surface area contributed by atoms with Gasteiger partial charge in [-0.2, -0.15) is 0 Å². The molecular formula is C16H24N2O. The number of piperidine rings is 1. The summed E-state index contributed by atoms with van der Waals surface area (Å²) in [4.78, 5) is 13.9. The SMILES string of the molecule is Cc1cccc(CCNCC(=O)N2CCCCC2)c1. The molecule has 0 radical (unpaired) electrons. The van der Waals surface area contributed by atoms with Crippen LogP contribution in [-0.4, -0.2) is 37.0 Å². The van der Waals surface area contributed by atoms with Gasteiger partial charge in [-0.15, -0.1) is 0 Å². The highest BCUT2D eigenvalue weighted by atomic mass is 16.2. The van der Waals surface area contributed by atoms with Crippen LogP contribution in [0.25, 0.3) is 0 Å². The van der Waals surface area contributed by atoms with Gasteiger partial charge in [-0.1, -0.05) is 29.8 Å². The van der Waals surface area contributed by atoms with E-state index < -0.39 is 0 Å². The van der Waals surface area contributed by atoms with Gasteiger partial charge in [-0.05, 0) is 44.7 Å². The molecule has 0 aliphatic carbocycles. The zero-order valence-corrected chi connectivity index (χ0v) is 11.8. The highest BCUT2D eigenvalue weighted by molar-refractivity contribution is 5.78. The van der Waals surface area contributed by atoms with Gasteiger partial charge in [0.25, 0.3) is 0 Å². The Kier molecular flexibility index (Phi) is 5.40. The molecule has 1 heterocycles. The Hall–Kier alpha value is -1.35. The Balaban J connectivity index is 1.65. The first-order valence-corrected chi connectivity index (χ1v) is 7.30. The van der Waals surface area contributed by atoms with Gasteiger partial charge in [0.15, 0.2) is 0 Å². The zero-order valence-electron chi connectivity index (χ0n) is 11.8. The summed E-state index contributed by atoms with van der Waals surface area (Å²) in [6.07, 6.45) is 4.57. The molecule has 1 aliphatic rings. The maximum absolute atomic E-state index is 11.9. The summed E-state index contributed by atoms with van der Waals surface area (Å²) in [7, 11) is 0. The predicted octanol–water partition coefficient (Wildman–Crippen LogP) is 2.14. The highest BCUT2D eigenvalue weighted by Crippen LogP contribution is 2.08. The van der Waals surface area contributed by atoms with Crippen molar-refractivity contribution in [3.8, 4) is 0 Å². The first-order chi connectivity index (χ1) is 9.25. The minimum Gasteiger partial charge on any atom is -0.342 e. The Labute approximate surface area is 116 Å². The average molecular weight is 260 g/mol. The number of hydrogen-bond donors (Lipinski definition) is 1. The molecule has 19 heavy (non-hydrogen) atoms. The van der Waals surface area contributed by atoms with E-state index in [0.29, 0.717) is 6.54 Å². The van der Waals surface area contributed by atoms with E-state index in [2.05, 4.69) is 36.5 Å². The van der Waals surface area contributed by atoms with Gasteiger partial charge >= 0.3 is 0 Å². The van der Waals surface area contributed by atoms with Gasteiger partial charge in [-0.25, -0.2) is 0 Å². The van der Waals surface area contributed by atoms with Crippen LogP contribution >= 0.6 is 0 Å². The van der Waals surface area contributed by atoms with Crippen LogP contribution in [0.5, 0.6) is 0 Å². The van der Waals surface area contributed by atoms with Crippen LogP contribution in [-0.2, 0) is 11.2 Å². The number of aryl methyl sites for hydroxylation is 1. The number of carbonyl (C=O) groups excluding carboxylic acids is 1. The third kappa shape index (κ3) is 4.67. The summed E-state index contributed by atoms with van der Waals surface area (Å²) in [5.41, 5.74) is 2.62. The second-order valence-electron chi connectivity index (χ2n) is 5.36. The number of nitrogens with zero attached hydrogens (tertiary/aromatic N) is 1. The molecule has 0 saturated carbocycles. The Morgan fingerprint density at radius 2 is 2.05 bits per heavy atom. The molecule has 1 aliphatic heterocycles. The number of benzene rings is 1. The van der Waals surface area contributed by atoms with Gasteiger partial charge in [0.05, 0.1) is 6.54 Å². The number of likely N-dealkylation sites (tertiary alicyclic amines) is 1. The molecule has 0 bridgehead atoms. The lowest BCUT2D eigenvalue weighted by molar-refractivity contribution is -0.131. The summed E-state index contributed by atoms with van der Waals surface area (Å²) < 4.78 is 0. The fraction of sp³-hybridized carbons (Fsp3) is 0.562. The normalized spacial score (nSPS) is 15.5. The molecule has 0 unspecified atom stereocenters. The van der Waals surface area contributed by atoms with Crippen LogP contribution in [0.1, 0.15) is 30.4 Å². The van der Waals surface area contributed by atoms with Crippen molar-refractivity contribution in [1.29, 1.82) is 0 Å². The van der Waals surface area contributed by atoms with E-state index in [4.69, 9.17) is 0 Å². The molecule has 1 saturated heterocycles. The first kappa shape index (κ1) is 14.1. The maximum atomic E-state index is 11.9. The lowest BCUT2D eigenvalue weighted by Gasteiger charge is -2.26. The summed E-state index contributed by atoms with van der Waals surface area (Å²) in [6, 6.07) is 8.54.